The van der Waals surface area contributed by atoms with Crippen LogP contribution < -0.4 is 5.73 Å². The molecule has 3 rings (SSSR count). The number of anilines is 1. The maximum Gasteiger partial charge on any atom is 0.266 e. The normalized spacial score (nSPS) is 22.1. The van der Waals surface area contributed by atoms with E-state index in [0.717, 1.165) is 16.5 Å². The Bertz CT molecular complexity index is 700. The number of fused-ring (bicyclic) bond motifs is 1. The van der Waals surface area contributed by atoms with E-state index in [9.17, 15) is 9.90 Å². The number of benzene rings is 1. The third-order valence-corrected chi connectivity index (χ3v) is 5.62. The molecule has 2 atom stereocenters. The van der Waals surface area contributed by atoms with Crippen LogP contribution in [-0.4, -0.2) is 35.1 Å². The van der Waals surface area contributed by atoms with Gasteiger partial charge >= 0.3 is 0 Å². The first-order chi connectivity index (χ1) is 10.0. The number of nitrogens with two attached hydrogens (primary N) is 1. The fourth-order valence-electron chi connectivity index (χ4n) is 2.92. The highest BCUT2D eigenvalue weighted by Gasteiger charge is 2.35. The summed E-state index contributed by atoms with van der Waals surface area (Å²) >= 11 is 7.38. The SMILES string of the molecule is CC1CCN(C(=O)c2sc3ccc(Cl)cc3c2N)C1CO. The van der Waals surface area contributed by atoms with E-state index in [2.05, 4.69) is 6.92 Å². The second-order valence-electron chi connectivity index (χ2n) is 5.50. The Morgan fingerprint density at radius 1 is 1.57 bits per heavy atom. The molecule has 2 heterocycles. The predicted molar refractivity (Wildman–Crippen MR) is 86.9 cm³/mol. The van der Waals surface area contributed by atoms with Crippen LogP contribution in [0, 0.1) is 5.92 Å². The second kappa shape index (κ2) is 5.48. The lowest BCUT2D eigenvalue weighted by atomic mass is 10.0. The van der Waals surface area contributed by atoms with Crippen LogP contribution in [0.4, 0.5) is 5.69 Å². The van der Waals surface area contributed by atoms with E-state index in [4.69, 9.17) is 17.3 Å². The molecule has 0 bridgehead atoms. The molecule has 6 heteroatoms. The number of aliphatic hydroxyl groups is 1. The smallest absolute Gasteiger partial charge is 0.266 e. The third kappa shape index (κ3) is 2.39. The summed E-state index contributed by atoms with van der Waals surface area (Å²) in [5.41, 5.74) is 6.62. The van der Waals surface area contributed by atoms with Crippen LogP contribution in [0.2, 0.25) is 5.02 Å². The highest BCUT2D eigenvalue weighted by molar-refractivity contribution is 7.21. The van der Waals surface area contributed by atoms with Gasteiger partial charge in [0, 0.05) is 21.7 Å². The second-order valence-corrected chi connectivity index (χ2v) is 6.99. The van der Waals surface area contributed by atoms with Gasteiger partial charge in [0.15, 0.2) is 0 Å². The lowest BCUT2D eigenvalue weighted by Gasteiger charge is -2.24. The van der Waals surface area contributed by atoms with Gasteiger partial charge in [-0.05, 0) is 30.5 Å². The van der Waals surface area contributed by atoms with E-state index >= 15 is 0 Å². The molecular formula is C15H17ClN2O2S. The van der Waals surface area contributed by atoms with E-state index in [1.54, 1.807) is 17.0 Å². The van der Waals surface area contributed by atoms with E-state index in [1.807, 2.05) is 6.07 Å². The summed E-state index contributed by atoms with van der Waals surface area (Å²) in [7, 11) is 0. The number of halogens is 1. The molecule has 0 radical (unpaired) electrons. The molecule has 0 saturated carbocycles. The van der Waals surface area contributed by atoms with Crippen LogP contribution in [0.3, 0.4) is 0 Å². The lowest BCUT2D eigenvalue weighted by molar-refractivity contribution is 0.0654. The molecule has 1 fully saturated rings. The Kier molecular flexibility index (Phi) is 3.82. The minimum Gasteiger partial charge on any atom is -0.397 e. The van der Waals surface area contributed by atoms with Crippen LogP contribution >= 0.6 is 22.9 Å². The summed E-state index contributed by atoms with van der Waals surface area (Å²) in [5.74, 6) is 0.220. The van der Waals surface area contributed by atoms with Gasteiger partial charge in [0.1, 0.15) is 4.88 Å². The number of hydrogen-bond acceptors (Lipinski definition) is 4. The fraction of sp³-hybridized carbons (Fsp3) is 0.400. The number of likely N-dealkylation sites (tertiary alicyclic amines) is 1. The molecule has 1 aromatic heterocycles. The third-order valence-electron chi connectivity index (χ3n) is 4.21. The largest absolute Gasteiger partial charge is 0.397 e. The maximum absolute atomic E-state index is 12.7. The molecule has 1 saturated heterocycles. The van der Waals surface area contributed by atoms with Crippen molar-refractivity contribution in [3.05, 3.63) is 28.1 Å². The molecule has 2 aromatic rings. The molecule has 3 N–H and O–H groups in total. The van der Waals surface area contributed by atoms with Gasteiger partial charge in [0.25, 0.3) is 5.91 Å². The highest BCUT2D eigenvalue weighted by Crippen LogP contribution is 2.37. The summed E-state index contributed by atoms with van der Waals surface area (Å²) in [6, 6.07) is 5.34. The van der Waals surface area contributed by atoms with Crippen molar-refractivity contribution < 1.29 is 9.90 Å². The van der Waals surface area contributed by atoms with E-state index in [-0.39, 0.29) is 18.6 Å². The van der Waals surface area contributed by atoms with Crippen molar-refractivity contribution in [1.82, 2.24) is 4.90 Å². The van der Waals surface area contributed by atoms with Gasteiger partial charge in [-0.3, -0.25) is 4.79 Å². The number of thiophene rings is 1. The molecule has 1 aliphatic heterocycles. The first-order valence-electron chi connectivity index (χ1n) is 6.92. The van der Waals surface area contributed by atoms with Crippen LogP contribution in [0.15, 0.2) is 18.2 Å². The molecular weight excluding hydrogens is 308 g/mol. The Labute approximate surface area is 132 Å². The van der Waals surface area contributed by atoms with Gasteiger partial charge < -0.3 is 15.7 Å². The predicted octanol–water partition coefficient (Wildman–Crippen LogP) is 2.98. The van der Waals surface area contributed by atoms with Crippen molar-refractivity contribution in [1.29, 1.82) is 0 Å². The summed E-state index contributed by atoms with van der Waals surface area (Å²) in [6.45, 7) is 2.71. The van der Waals surface area contributed by atoms with Gasteiger partial charge in [0.2, 0.25) is 0 Å². The summed E-state index contributed by atoms with van der Waals surface area (Å²) in [4.78, 5) is 15.0. The fourth-order valence-corrected chi connectivity index (χ4v) is 4.15. The Morgan fingerprint density at radius 2 is 2.33 bits per heavy atom. The van der Waals surface area contributed by atoms with Crippen LogP contribution in [-0.2, 0) is 0 Å². The number of carbonyl (C=O) groups is 1. The monoisotopic (exact) mass is 324 g/mol. The zero-order chi connectivity index (χ0) is 15.1. The number of amides is 1. The molecule has 21 heavy (non-hydrogen) atoms. The molecule has 4 nitrogen and oxygen atoms in total. The van der Waals surface area contributed by atoms with Gasteiger partial charge in [-0.1, -0.05) is 18.5 Å². The van der Waals surface area contributed by atoms with Crippen molar-refractivity contribution in [3.8, 4) is 0 Å². The van der Waals surface area contributed by atoms with Crippen molar-refractivity contribution in [2.24, 2.45) is 5.92 Å². The van der Waals surface area contributed by atoms with Crippen molar-refractivity contribution in [2.45, 2.75) is 19.4 Å². The van der Waals surface area contributed by atoms with E-state index < -0.39 is 0 Å². The minimum absolute atomic E-state index is 0.0104. The van der Waals surface area contributed by atoms with Gasteiger partial charge in [0.05, 0.1) is 18.3 Å². The zero-order valence-corrected chi connectivity index (χ0v) is 13.2. The number of aliphatic hydroxyl groups excluding tert-OH is 1. The zero-order valence-electron chi connectivity index (χ0n) is 11.7. The van der Waals surface area contributed by atoms with E-state index in [1.165, 1.54) is 11.3 Å². The summed E-state index contributed by atoms with van der Waals surface area (Å²) < 4.78 is 0.952. The highest BCUT2D eigenvalue weighted by atomic mass is 35.5. The molecule has 1 aliphatic rings. The lowest BCUT2D eigenvalue weighted by Crippen LogP contribution is -2.39. The number of nitrogen functional groups attached to an aromatic ring is 1. The molecule has 2 unspecified atom stereocenters. The van der Waals surface area contributed by atoms with Gasteiger partial charge in [-0.2, -0.15) is 0 Å². The maximum atomic E-state index is 12.7. The van der Waals surface area contributed by atoms with Crippen molar-refractivity contribution in [2.75, 3.05) is 18.9 Å². The molecule has 0 aliphatic carbocycles. The van der Waals surface area contributed by atoms with Gasteiger partial charge in [-0.15, -0.1) is 11.3 Å². The molecule has 1 amide bonds. The van der Waals surface area contributed by atoms with E-state index in [0.29, 0.717) is 28.0 Å². The Balaban J connectivity index is 2.00. The molecule has 112 valence electrons. The topological polar surface area (TPSA) is 66.6 Å². The number of nitrogens with zero attached hydrogens (tertiary/aromatic N) is 1. The average molecular weight is 325 g/mol. The number of rotatable bonds is 2. The standard InChI is InChI=1S/C15H17ClN2O2S/c1-8-4-5-18(11(8)7-19)15(20)14-13(17)10-6-9(16)2-3-12(10)21-14/h2-3,6,8,11,19H,4-5,7,17H2,1H3. The first kappa shape index (κ1) is 14.6. The van der Waals surface area contributed by atoms with Gasteiger partial charge in [-0.25, -0.2) is 0 Å². The first-order valence-corrected chi connectivity index (χ1v) is 8.11. The molecule has 0 spiro atoms. The summed E-state index contributed by atoms with van der Waals surface area (Å²) in [5, 5.41) is 10.9. The summed E-state index contributed by atoms with van der Waals surface area (Å²) in [6.07, 6.45) is 0.910. The Morgan fingerprint density at radius 3 is 3.05 bits per heavy atom. The quantitative estimate of drug-likeness (QED) is 0.892. The Hall–Kier alpha value is -1.30. The van der Waals surface area contributed by atoms with Crippen LogP contribution in [0.25, 0.3) is 10.1 Å². The number of carbonyl (C=O) groups excluding carboxylic acids is 1. The molecule has 1 aromatic carbocycles. The minimum atomic E-state index is -0.120. The number of hydrogen-bond donors (Lipinski definition) is 2. The average Bonchev–Trinajstić information content (AvgIpc) is 2.99. The van der Waals surface area contributed by atoms with Crippen molar-refractivity contribution in [3.63, 3.8) is 0 Å². The van der Waals surface area contributed by atoms with Crippen LogP contribution in [0.5, 0.6) is 0 Å². The van der Waals surface area contributed by atoms with Crippen molar-refractivity contribution >= 4 is 44.6 Å². The van der Waals surface area contributed by atoms with Crippen LogP contribution in [0.1, 0.15) is 23.0 Å².